The zero-order chi connectivity index (χ0) is 21.8. The number of halogens is 1. The molecule has 170 valence electrons. The lowest BCUT2D eigenvalue weighted by Crippen LogP contribution is -2.42. The molecule has 31 heavy (non-hydrogen) atoms. The average Bonchev–Trinajstić information content (AvgIpc) is 2.77. The Morgan fingerprint density at radius 2 is 1.61 bits per heavy atom. The van der Waals surface area contributed by atoms with Crippen molar-refractivity contribution in [2.24, 2.45) is 4.99 Å². The predicted octanol–water partition coefficient (Wildman–Crippen LogP) is 3.76. The average molecular weight is 540 g/mol. The van der Waals surface area contributed by atoms with Crippen LogP contribution in [0.25, 0.3) is 0 Å². The van der Waals surface area contributed by atoms with Crippen LogP contribution in [0.15, 0.2) is 53.5 Å². The first-order chi connectivity index (χ1) is 14.6. The first-order valence-electron chi connectivity index (χ1n) is 10.3. The fourth-order valence-electron chi connectivity index (χ4n) is 2.87. The summed E-state index contributed by atoms with van der Waals surface area (Å²) in [5.74, 6) is 2.04. The van der Waals surface area contributed by atoms with Crippen LogP contribution in [0, 0.1) is 0 Å². The van der Waals surface area contributed by atoms with Crippen LogP contribution in [0.4, 0.5) is 0 Å². The number of nitrogens with one attached hydrogen (secondary N) is 3. The zero-order valence-electron chi connectivity index (χ0n) is 18.6. The molecule has 0 fully saturated rings. The molecule has 2 aromatic rings. The summed E-state index contributed by atoms with van der Waals surface area (Å²) in [5, 5.41) is 9.46. The molecule has 0 bridgehead atoms. The van der Waals surface area contributed by atoms with Gasteiger partial charge in [0.05, 0.1) is 19.3 Å². The van der Waals surface area contributed by atoms with E-state index in [1.54, 1.807) is 19.2 Å². The fourth-order valence-corrected chi connectivity index (χ4v) is 2.87. The Kier molecular flexibility index (Phi) is 12.4. The van der Waals surface area contributed by atoms with E-state index in [4.69, 9.17) is 9.47 Å². The van der Waals surface area contributed by atoms with E-state index in [0.717, 1.165) is 17.1 Å². The summed E-state index contributed by atoms with van der Waals surface area (Å²) in [6.07, 6.45) is 0. The number of ether oxygens (including phenoxy) is 2. The Morgan fingerprint density at radius 1 is 0.968 bits per heavy atom. The number of hydrogen-bond donors (Lipinski definition) is 3. The van der Waals surface area contributed by atoms with Crippen molar-refractivity contribution in [1.82, 2.24) is 16.0 Å². The quantitative estimate of drug-likeness (QED) is 0.185. The Bertz CT molecular complexity index is 831. The molecule has 0 aromatic heterocycles. The normalized spacial score (nSPS) is 11.7. The van der Waals surface area contributed by atoms with Crippen LogP contribution in [-0.2, 0) is 0 Å². The van der Waals surface area contributed by atoms with Crippen LogP contribution in [0.3, 0.4) is 0 Å². The Labute approximate surface area is 202 Å². The highest BCUT2D eigenvalue weighted by molar-refractivity contribution is 14.0. The van der Waals surface area contributed by atoms with E-state index in [1.165, 1.54) is 0 Å². The monoisotopic (exact) mass is 540 g/mol. The maximum absolute atomic E-state index is 12.1. The molecule has 0 radical (unpaired) electrons. The molecular formula is C23H33IN4O3. The molecule has 0 aliphatic heterocycles. The summed E-state index contributed by atoms with van der Waals surface area (Å²) in [5.41, 5.74) is 1.71. The van der Waals surface area contributed by atoms with Crippen molar-refractivity contribution in [1.29, 1.82) is 0 Å². The third-order valence-corrected chi connectivity index (χ3v) is 4.38. The van der Waals surface area contributed by atoms with E-state index >= 15 is 0 Å². The lowest BCUT2D eigenvalue weighted by atomic mass is 10.1. The number of carbonyl (C=O) groups is 1. The fraction of sp³-hybridized carbons (Fsp3) is 0.391. The zero-order valence-corrected chi connectivity index (χ0v) is 20.9. The minimum atomic E-state index is -0.0912. The summed E-state index contributed by atoms with van der Waals surface area (Å²) >= 11 is 0. The minimum absolute atomic E-state index is 0. The van der Waals surface area contributed by atoms with Crippen LogP contribution < -0.4 is 25.4 Å². The topological polar surface area (TPSA) is 84.0 Å². The van der Waals surface area contributed by atoms with Crippen molar-refractivity contribution in [2.45, 2.75) is 26.8 Å². The second kappa shape index (κ2) is 14.5. The molecule has 3 N–H and O–H groups in total. The van der Waals surface area contributed by atoms with E-state index < -0.39 is 0 Å². The molecule has 1 unspecified atom stereocenters. The van der Waals surface area contributed by atoms with Gasteiger partial charge >= 0.3 is 0 Å². The molecule has 0 saturated carbocycles. The summed E-state index contributed by atoms with van der Waals surface area (Å²) in [4.78, 5) is 16.3. The van der Waals surface area contributed by atoms with Gasteiger partial charge in [-0.15, -0.1) is 24.0 Å². The van der Waals surface area contributed by atoms with Crippen LogP contribution >= 0.6 is 24.0 Å². The third-order valence-electron chi connectivity index (χ3n) is 4.38. The van der Waals surface area contributed by atoms with Gasteiger partial charge in [0.15, 0.2) is 17.5 Å². The minimum Gasteiger partial charge on any atom is -0.490 e. The number of amides is 1. The molecule has 0 aliphatic rings. The van der Waals surface area contributed by atoms with E-state index in [1.807, 2.05) is 50.2 Å². The third kappa shape index (κ3) is 8.64. The van der Waals surface area contributed by atoms with Gasteiger partial charge in [-0.2, -0.15) is 0 Å². The Balaban J connectivity index is 0.00000480. The molecule has 1 amide bonds. The lowest BCUT2D eigenvalue weighted by Gasteiger charge is -2.20. The predicted molar refractivity (Wildman–Crippen MR) is 136 cm³/mol. The molecule has 2 rings (SSSR count). The number of nitrogens with zero attached hydrogens (tertiary/aromatic N) is 1. The Morgan fingerprint density at radius 3 is 2.26 bits per heavy atom. The molecule has 1 atom stereocenters. The second-order valence-corrected chi connectivity index (χ2v) is 6.56. The van der Waals surface area contributed by atoms with Gasteiger partial charge in [-0.05, 0) is 50.6 Å². The first-order valence-corrected chi connectivity index (χ1v) is 10.3. The summed E-state index contributed by atoms with van der Waals surface area (Å²) in [7, 11) is 1.72. The molecule has 0 saturated heterocycles. The van der Waals surface area contributed by atoms with Gasteiger partial charge in [0.2, 0.25) is 0 Å². The summed E-state index contributed by atoms with van der Waals surface area (Å²) < 4.78 is 11.3. The van der Waals surface area contributed by atoms with Crippen LogP contribution in [-0.4, -0.2) is 45.2 Å². The van der Waals surface area contributed by atoms with Gasteiger partial charge in [-0.25, -0.2) is 0 Å². The number of rotatable bonds is 10. The molecule has 8 heteroatoms. The van der Waals surface area contributed by atoms with Crippen molar-refractivity contribution in [3.05, 3.63) is 59.7 Å². The molecule has 0 aliphatic carbocycles. The lowest BCUT2D eigenvalue weighted by molar-refractivity contribution is 0.0954. The van der Waals surface area contributed by atoms with Crippen molar-refractivity contribution in [3.63, 3.8) is 0 Å². The van der Waals surface area contributed by atoms with E-state index in [2.05, 4.69) is 27.9 Å². The highest BCUT2D eigenvalue weighted by atomic mass is 127. The number of benzene rings is 2. The molecule has 0 spiro atoms. The summed E-state index contributed by atoms with van der Waals surface area (Å²) in [6, 6.07) is 15.1. The smallest absolute Gasteiger partial charge is 0.251 e. The van der Waals surface area contributed by atoms with E-state index in [0.29, 0.717) is 37.8 Å². The SMILES string of the molecule is CCOc1ccc(C(C)NC(=NC)NCCNC(=O)c2ccccc2)cc1OCC.I. The molecule has 0 heterocycles. The second-order valence-electron chi connectivity index (χ2n) is 6.56. The van der Waals surface area contributed by atoms with Gasteiger partial charge in [0.25, 0.3) is 5.91 Å². The first kappa shape index (κ1) is 26.5. The standard InChI is InChI=1S/C23H32N4O3.HI/c1-5-29-20-13-12-19(16-21(20)30-6-2)17(3)27-23(24-4)26-15-14-25-22(28)18-10-8-7-9-11-18;/h7-13,16-17H,5-6,14-15H2,1-4H3,(H,25,28)(H2,24,26,27);1H. The number of carbonyl (C=O) groups excluding carboxylic acids is 1. The van der Waals surface area contributed by atoms with Crippen LogP contribution in [0.1, 0.15) is 42.7 Å². The van der Waals surface area contributed by atoms with Crippen molar-refractivity contribution in [3.8, 4) is 11.5 Å². The van der Waals surface area contributed by atoms with E-state index in [-0.39, 0.29) is 35.9 Å². The number of aliphatic imine (C=N–C) groups is 1. The van der Waals surface area contributed by atoms with Crippen molar-refractivity contribution in [2.75, 3.05) is 33.4 Å². The Hall–Kier alpha value is -2.49. The van der Waals surface area contributed by atoms with Gasteiger partial charge in [0.1, 0.15) is 0 Å². The van der Waals surface area contributed by atoms with E-state index in [9.17, 15) is 4.79 Å². The molecule has 2 aromatic carbocycles. The van der Waals surface area contributed by atoms with Crippen molar-refractivity contribution < 1.29 is 14.3 Å². The highest BCUT2D eigenvalue weighted by Gasteiger charge is 2.12. The van der Waals surface area contributed by atoms with Crippen LogP contribution in [0.2, 0.25) is 0 Å². The molecule has 7 nitrogen and oxygen atoms in total. The largest absolute Gasteiger partial charge is 0.490 e. The van der Waals surface area contributed by atoms with Gasteiger partial charge in [0, 0.05) is 25.7 Å². The summed E-state index contributed by atoms with van der Waals surface area (Å²) in [6.45, 7) is 8.15. The van der Waals surface area contributed by atoms with Gasteiger partial charge in [-0.3, -0.25) is 9.79 Å². The van der Waals surface area contributed by atoms with Crippen LogP contribution in [0.5, 0.6) is 11.5 Å². The highest BCUT2D eigenvalue weighted by Crippen LogP contribution is 2.30. The maximum atomic E-state index is 12.1. The number of hydrogen-bond acceptors (Lipinski definition) is 4. The molecular weight excluding hydrogens is 507 g/mol. The van der Waals surface area contributed by atoms with Gasteiger partial charge < -0.3 is 25.4 Å². The van der Waals surface area contributed by atoms with Crippen molar-refractivity contribution >= 4 is 35.8 Å². The number of guanidine groups is 1. The maximum Gasteiger partial charge on any atom is 0.251 e. The van der Waals surface area contributed by atoms with Gasteiger partial charge in [-0.1, -0.05) is 24.3 Å².